The minimum Gasteiger partial charge on any atom is -0.338 e. The monoisotopic (exact) mass is 453 g/mol. The quantitative estimate of drug-likeness (QED) is 0.548. The molecular weight excluding hydrogens is 426 g/mol. The molecule has 1 aliphatic rings. The number of nitrogens with one attached hydrogen (secondary N) is 1. The van der Waals surface area contributed by atoms with Gasteiger partial charge in [0.25, 0.3) is 0 Å². The summed E-state index contributed by atoms with van der Waals surface area (Å²) in [6.07, 6.45) is 2.26. The van der Waals surface area contributed by atoms with E-state index in [1.807, 2.05) is 26.0 Å². The Morgan fingerprint density at radius 3 is 2.50 bits per heavy atom. The van der Waals surface area contributed by atoms with Crippen LogP contribution in [0.25, 0.3) is 0 Å². The molecule has 6 nitrogen and oxygen atoms in total. The van der Waals surface area contributed by atoms with Gasteiger partial charge in [-0.2, -0.15) is 0 Å². The summed E-state index contributed by atoms with van der Waals surface area (Å²) in [5.74, 6) is 5.23. The van der Waals surface area contributed by atoms with Crippen molar-refractivity contribution in [2.45, 2.75) is 39.5 Å². The summed E-state index contributed by atoms with van der Waals surface area (Å²) in [5, 5.41) is 2.81. The molecule has 168 valence electrons. The van der Waals surface area contributed by atoms with E-state index in [1.54, 1.807) is 38.4 Å². The number of benzene rings is 1. The summed E-state index contributed by atoms with van der Waals surface area (Å²) in [6, 6.07) is 8.89. The van der Waals surface area contributed by atoms with Crippen molar-refractivity contribution in [3.63, 3.8) is 0 Å². The van der Waals surface area contributed by atoms with Gasteiger partial charge < -0.3 is 5.32 Å². The summed E-state index contributed by atoms with van der Waals surface area (Å²) in [4.78, 5) is 43.7. The molecule has 0 saturated heterocycles. The third kappa shape index (κ3) is 5.35. The number of anilines is 1. The van der Waals surface area contributed by atoms with Crippen LogP contribution in [0.4, 0.5) is 10.6 Å². The number of ketones is 2. The average Bonchev–Trinajstić information content (AvgIpc) is 3.01. The minimum atomic E-state index is -0.722. The predicted molar refractivity (Wildman–Crippen MR) is 127 cm³/mol. The first-order valence-corrected chi connectivity index (χ1v) is 10.4. The number of pyridine rings is 1. The van der Waals surface area contributed by atoms with Crippen molar-refractivity contribution in [3.05, 3.63) is 58.8 Å². The number of aryl methyl sites for hydroxylation is 2. The number of aromatic nitrogens is 1. The van der Waals surface area contributed by atoms with E-state index in [0.717, 1.165) is 22.3 Å². The summed E-state index contributed by atoms with van der Waals surface area (Å²) in [6.45, 7) is 5.94. The zero-order valence-corrected chi connectivity index (χ0v) is 19.6. The fraction of sp³-hybridized carbons (Fsp3) is 0.360. The van der Waals surface area contributed by atoms with Crippen molar-refractivity contribution in [2.75, 3.05) is 18.5 Å². The number of amides is 2. The van der Waals surface area contributed by atoms with Gasteiger partial charge in [0.2, 0.25) is 0 Å². The molecule has 32 heavy (non-hydrogen) atoms. The van der Waals surface area contributed by atoms with Crippen LogP contribution in [0.2, 0.25) is 0 Å². The Balaban J connectivity index is 0.00000363. The largest absolute Gasteiger partial charge is 0.338 e. The first-order valence-electron chi connectivity index (χ1n) is 10.4. The molecular formula is C25H28ClN3O3. The van der Waals surface area contributed by atoms with E-state index < -0.39 is 5.92 Å². The number of Topliss-reactive ketones (excluding diaryl/α,β-unsaturated/α-hetero) is 2. The van der Waals surface area contributed by atoms with E-state index in [9.17, 15) is 14.4 Å². The molecule has 1 N–H and O–H groups in total. The van der Waals surface area contributed by atoms with Crippen molar-refractivity contribution in [2.24, 2.45) is 5.92 Å². The number of carbonyl (C=O) groups excluding carboxylic acids is 3. The topological polar surface area (TPSA) is 79.4 Å². The minimum absolute atomic E-state index is 0. The van der Waals surface area contributed by atoms with Crippen LogP contribution < -0.4 is 10.2 Å². The number of hydrogen-bond acceptors (Lipinski definition) is 4. The van der Waals surface area contributed by atoms with E-state index >= 15 is 0 Å². The lowest BCUT2D eigenvalue weighted by Gasteiger charge is -2.18. The second-order valence-corrected chi connectivity index (χ2v) is 7.87. The van der Waals surface area contributed by atoms with Crippen LogP contribution in [-0.2, 0) is 9.59 Å². The van der Waals surface area contributed by atoms with Crippen molar-refractivity contribution < 1.29 is 14.4 Å². The molecule has 1 aromatic carbocycles. The van der Waals surface area contributed by atoms with Crippen molar-refractivity contribution in [1.29, 1.82) is 0 Å². The molecule has 2 aromatic rings. The van der Waals surface area contributed by atoms with Crippen LogP contribution in [0, 0.1) is 31.6 Å². The molecule has 1 heterocycles. The molecule has 1 saturated carbocycles. The normalized spacial score (nSPS) is 17.2. The van der Waals surface area contributed by atoms with Gasteiger partial charge in [0.05, 0.1) is 0 Å². The van der Waals surface area contributed by atoms with Crippen molar-refractivity contribution in [3.8, 4) is 11.8 Å². The SMILES string of the molecule is CC#Cc1cc(C)c(C2C(=O)CC(CCNC(=O)N(C)c3ccccn3)C2=O)c(C)c1.Cl. The molecule has 1 fully saturated rings. The Morgan fingerprint density at radius 1 is 1.22 bits per heavy atom. The standard InChI is InChI=1S/C25H27N3O3.ClH/c1-5-8-18-13-16(2)22(17(3)14-18)23-20(29)15-19(24(23)30)10-12-27-25(31)28(4)21-9-6-7-11-26-21;/h6-7,9,11,13-14,19,23H,10,12,15H2,1-4H3,(H,27,31);1H. The van der Waals surface area contributed by atoms with Gasteiger partial charge in [0.1, 0.15) is 17.5 Å². The number of carbonyl (C=O) groups is 3. The van der Waals surface area contributed by atoms with E-state index in [0.29, 0.717) is 18.8 Å². The van der Waals surface area contributed by atoms with Gasteiger partial charge in [-0.15, -0.1) is 18.3 Å². The third-order valence-corrected chi connectivity index (χ3v) is 5.67. The summed E-state index contributed by atoms with van der Waals surface area (Å²) >= 11 is 0. The zero-order valence-electron chi connectivity index (χ0n) is 18.8. The van der Waals surface area contributed by atoms with Crippen molar-refractivity contribution in [1.82, 2.24) is 10.3 Å². The number of urea groups is 1. The second kappa shape index (κ2) is 10.9. The van der Waals surface area contributed by atoms with Gasteiger partial charge in [0, 0.05) is 37.7 Å². The fourth-order valence-electron chi connectivity index (χ4n) is 4.18. The van der Waals surface area contributed by atoms with Gasteiger partial charge >= 0.3 is 6.03 Å². The summed E-state index contributed by atoms with van der Waals surface area (Å²) in [7, 11) is 1.63. The summed E-state index contributed by atoms with van der Waals surface area (Å²) in [5.41, 5.74) is 3.51. The van der Waals surface area contributed by atoms with Crippen LogP contribution in [0.15, 0.2) is 36.5 Å². The molecule has 0 spiro atoms. The molecule has 0 bridgehead atoms. The maximum atomic E-state index is 13.1. The Hall–Kier alpha value is -3.17. The first-order chi connectivity index (χ1) is 14.8. The molecule has 3 rings (SSSR count). The van der Waals surface area contributed by atoms with Gasteiger partial charge in [-0.1, -0.05) is 12.0 Å². The highest BCUT2D eigenvalue weighted by Crippen LogP contribution is 2.37. The van der Waals surface area contributed by atoms with Crippen LogP contribution in [0.1, 0.15) is 47.9 Å². The number of hydrogen-bond donors (Lipinski definition) is 1. The lowest BCUT2D eigenvalue weighted by molar-refractivity contribution is -0.124. The molecule has 2 atom stereocenters. The second-order valence-electron chi connectivity index (χ2n) is 7.87. The highest BCUT2D eigenvalue weighted by molar-refractivity contribution is 6.15. The highest BCUT2D eigenvalue weighted by atomic mass is 35.5. The zero-order chi connectivity index (χ0) is 22.5. The maximum absolute atomic E-state index is 13.1. The fourth-order valence-corrected chi connectivity index (χ4v) is 4.18. The maximum Gasteiger partial charge on any atom is 0.322 e. The van der Waals surface area contributed by atoms with Gasteiger partial charge in [-0.25, -0.2) is 9.78 Å². The number of nitrogens with zero attached hydrogens (tertiary/aromatic N) is 2. The van der Waals surface area contributed by atoms with Crippen LogP contribution in [0.5, 0.6) is 0 Å². The molecule has 1 aromatic heterocycles. The lowest BCUT2D eigenvalue weighted by atomic mass is 9.86. The van der Waals surface area contributed by atoms with Crippen molar-refractivity contribution >= 4 is 35.8 Å². The molecule has 0 radical (unpaired) electrons. The molecule has 1 aliphatic carbocycles. The Labute approximate surface area is 195 Å². The van der Waals surface area contributed by atoms with E-state index in [4.69, 9.17) is 0 Å². The van der Waals surface area contributed by atoms with E-state index in [1.165, 1.54) is 4.90 Å². The average molecular weight is 454 g/mol. The lowest BCUT2D eigenvalue weighted by Crippen LogP contribution is -2.38. The molecule has 2 amide bonds. The summed E-state index contributed by atoms with van der Waals surface area (Å²) < 4.78 is 0. The Bertz CT molecular complexity index is 1050. The predicted octanol–water partition coefficient (Wildman–Crippen LogP) is 3.97. The smallest absolute Gasteiger partial charge is 0.322 e. The molecule has 0 aliphatic heterocycles. The van der Waals surface area contributed by atoms with E-state index in [-0.39, 0.29) is 42.3 Å². The van der Waals surface area contributed by atoms with Gasteiger partial charge in [-0.3, -0.25) is 14.5 Å². The van der Waals surface area contributed by atoms with Gasteiger partial charge in [0.15, 0.2) is 5.78 Å². The van der Waals surface area contributed by atoms with E-state index in [2.05, 4.69) is 22.1 Å². The van der Waals surface area contributed by atoms with Crippen LogP contribution >= 0.6 is 12.4 Å². The number of rotatable bonds is 5. The van der Waals surface area contributed by atoms with Gasteiger partial charge in [-0.05, 0) is 68.1 Å². The number of halogens is 1. The first kappa shape index (κ1) is 25.1. The Morgan fingerprint density at radius 2 is 1.91 bits per heavy atom. The van der Waals surface area contributed by atoms with Crippen LogP contribution in [-0.4, -0.2) is 36.2 Å². The van der Waals surface area contributed by atoms with Crippen LogP contribution in [0.3, 0.4) is 0 Å². The third-order valence-electron chi connectivity index (χ3n) is 5.67. The highest BCUT2D eigenvalue weighted by Gasteiger charge is 2.42. The molecule has 2 unspecified atom stereocenters. The molecule has 7 heteroatoms. The Kier molecular flexibility index (Phi) is 8.56.